The van der Waals surface area contributed by atoms with E-state index in [0.717, 1.165) is 0 Å². The second-order valence-corrected chi connectivity index (χ2v) is 12.9. The normalized spacial score (nSPS) is 15.0. The molecule has 0 unspecified atom stereocenters. The largest absolute Gasteiger partial charge is 0.573 e. The number of rotatable bonds is 7. The molecule has 0 aliphatic carbocycles. The molecule has 3 aromatic rings. The number of nitrogens with one attached hydrogen (secondary N) is 1. The first-order chi connectivity index (χ1) is 19.1. The Morgan fingerprint density at radius 2 is 1.71 bits per heavy atom. The van der Waals surface area contributed by atoms with Crippen LogP contribution in [0.2, 0.25) is 0 Å². The van der Waals surface area contributed by atoms with E-state index >= 15 is 0 Å². The van der Waals surface area contributed by atoms with Crippen molar-refractivity contribution in [3.05, 3.63) is 60.0 Å². The van der Waals surface area contributed by atoms with E-state index in [0.29, 0.717) is 55.2 Å². The molecule has 3 heterocycles. The number of carbonyl (C=O) groups is 1. The number of hydrogen-bond acceptors (Lipinski definition) is 10. The lowest BCUT2D eigenvalue weighted by molar-refractivity contribution is -0.274. The molecule has 0 atom stereocenters. The van der Waals surface area contributed by atoms with Gasteiger partial charge < -0.3 is 14.7 Å². The van der Waals surface area contributed by atoms with E-state index in [1.54, 1.807) is 12.1 Å². The quantitative estimate of drug-likeness (QED) is 0.419. The Bertz CT molecular complexity index is 1500. The highest BCUT2D eigenvalue weighted by molar-refractivity contribution is 7.91. The van der Waals surface area contributed by atoms with Crippen LogP contribution in [0.15, 0.2) is 48.8 Å². The van der Waals surface area contributed by atoms with Gasteiger partial charge in [-0.05, 0) is 68.3 Å². The first-order valence-corrected chi connectivity index (χ1v) is 14.0. The monoisotopic (exact) mass is 594 g/mol. The summed E-state index contributed by atoms with van der Waals surface area (Å²) in [7, 11) is -3.90. The summed E-state index contributed by atoms with van der Waals surface area (Å²) in [6.07, 6.45) is -2.20. The number of sulfonamides is 1. The van der Waals surface area contributed by atoms with Crippen molar-refractivity contribution in [2.24, 2.45) is 0 Å². The predicted octanol–water partition coefficient (Wildman–Crippen LogP) is 3.32. The highest BCUT2D eigenvalue weighted by atomic mass is 32.2. The van der Waals surface area contributed by atoms with Gasteiger partial charge in [0.2, 0.25) is 10.0 Å². The van der Waals surface area contributed by atoms with Gasteiger partial charge in [-0.2, -0.15) is 0 Å². The molecule has 15 heteroatoms. The van der Waals surface area contributed by atoms with Gasteiger partial charge in [0, 0.05) is 44.5 Å². The second-order valence-electron chi connectivity index (χ2n) is 10.4. The standard InChI is InChI=1S/C26H29F3N6O5S/c1-25(2,3)41(38,39)33-24(37)22-4-5-23(32-31-22)35-8-6-34(7-9-35)16-17-10-18(19-12-20(36)15-30-14-19)13-21(11-17)40-26(27,28)29/h4-5,10-15,36H,6-9,16H2,1-3H3,(H,33,37). The average molecular weight is 595 g/mol. The maximum absolute atomic E-state index is 13.0. The molecule has 1 aromatic carbocycles. The molecule has 1 saturated heterocycles. The van der Waals surface area contributed by atoms with E-state index in [1.807, 2.05) is 9.62 Å². The van der Waals surface area contributed by atoms with Crippen molar-refractivity contribution in [3.8, 4) is 22.6 Å². The number of pyridine rings is 1. The molecule has 1 amide bonds. The Kier molecular flexibility index (Phi) is 8.40. The molecule has 220 valence electrons. The fourth-order valence-corrected chi connectivity index (χ4v) is 4.69. The molecule has 0 bridgehead atoms. The van der Waals surface area contributed by atoms with Crippen molar-refractivity contribution in [3.63, 3.8) is 0 Å². The van der Waals surface area contributed by atoms with Crippen LogP contribution in [-0.2, 0) is 16.6 Å². The van der Waals surface area contributed by atoms with Crippen LogP contribution in [0.25, 0.3) is 11.1 Å². The second kappa shape index (κ2) is 11.5. The third-order valence-corrected chi connectivity index (χ3v) is 8.34. The van der Waals surface area contributed by atoms with Crippen LogP contribution < -0.4 is 14.4 Å². The smallest absolute Gasteiger partial charge is 0.506 e. The summed E-state index contributed by atoms with van der Waals surface area (Å²) in [5.41, 5.74) is 1.30. The van der Waals surface area contributed by atoms with Gasteiger partial charge in [0.25, 0.3) is 5.91 Å². The number of nitrogens with zero attached hydrogens (tertiary/aromatic N) is 5. The Morgan fingerprint density at radius 3 is 2.29 bits per heavy atom. The van der Waals surface area contributed by atoms with Crippen molar-refractivity contribution in [2.45, 2.75) is 38.4 Å². The number of carbonyl (C=O) groups excluding carboxylic acids is 1. The van der Waals surface area contributed by atoms with Crippen LogP contribution in [0.5, 0.6) is 11.5 Å². The van der Waals surface area contributed by atoms with Gasteiger partial charge in [0.05, 0.1) is 10.9 Å². The first kappa shape index (κ1) is 30.0. The Labute approximate surface area is 235 Å². The van der Waals surface area contributed by atoms with Crippen LogP contribution in [-0.4, -0.2) is 76.8 Å². The molecule has 0 radical (unpaired) electrons. The molecule has 2 aromatic heterocycles. The van der Waals surface area contributed by atoms with Crippen molar-refractivity contribution in [2.75, 3.05) is 31.1 Å². The number of hydrogen-bond donors (Lipinski definition) is 2. The highest BCUT2D eigenvalue weighted by Crippen LogP contribution is 2.31. The summed E-state index contributed by atoms with van der Waals surface area (Å²) in [6.45, 7) is 6.92. The average Bonchev–Trinajstić information content (AvgIpc) is 2.87. The predicted molar refractivity (Wildman–Crippen MR) is 144 cm³/mol. The summed E-state index contributed by atoms with van der Waals surface area (Å²) in [4.78, 5) is 20.2. The molecular formula is C26H29F3N6O5S. The van der Waals surface area contributed by atoms with Crippen molar-refractivity contribution >= 4 is 21.7 Å². The lowest BCUT2D eigenvalue weighted by Gasteiger charge is -2.35. The van der Waals surface area contributed by atoms with Gasteiger partial charge in [-0.25, -0.2) is 13.1 Å². The zero-order valence-electron chi connectivity index (χ0n) is 22.5. The molecule has 0 saturated carbocycles. The number of piperazine rings is 1. The van der Waals surface area contributed by atoms with Crippen LogP contribution in [0, 0.1) is 0 Å². The van der Waals surface area contributed by atoms with E-state index in [-0.39, 0.29) is 17.2 Å². The van der Waals surface area contributed by atoms with Crippen LogP contribution in [0.1, 0.15) is 36.8 Å². The maximum atomic E-state index is 13.0. The van der Waals surface area contributed by atoms with E-state index in [9.17, 15) is 31.5 Å². The van der Waals surface area contributed by atoms with Crippen molar-refractivity contribution < 1.29 is 36.2 Å². The Morgan fingerprint density at radius 1 is 1.00 bits per heavy atom. The van der Waals surface area contributed by atoms with E-state index < -0.39 is 27.0 Å². The van der Waals surface area contributed by atoms with Gasteiger partial charge in [0.1, 0.15) is 11.5 Å². The van der Waals surface area contributed by atoms with Gasteiger partial charge in [0.15, 0.2) is 11.5 Å². The summed E-state index contributed by atoms with van der Waals surface area (Å²) >= 11 is 0. The zero-order chi connectivity index (χ0) is 30.0. The lowest BCUT2D eigenvalue weighted by atomic mass is 10.0. The Hall–Kier alpha value is -3.98. The lowest BCUT2D eigenvalue weighted by Crippen LogP contribution is -2.46. The zero-order valence-corrected chi connectivity index (χ0v) is 23.3. The van der Waals surface area contributed by atoms with Gasteiger partial charge >= 0.3 is 6.36 Å². The molecule has 11 nitrogen and oxygen atoms in total. The minimum atomic E-state index is -4.86. The maximum Gasteiger partial charge on any atom is 0.573 e. The molecule has 4 rings (SSSR count). The third-order valence-electron chi connectivity index (χ3n) is 6.28. The summed E-state index contributed by atoms with van der Waals surface area (Å²) in [5, 5.41) is 17.7. The summed E-state index contributed by atoms with van der Waals surface area (Å²) in [6, 6.07) is 8.67. The van der Waals surface area contributed by atoms with Gasteiger partial charge in [-0.3, -0.25) is 14.7 Å². The number of anilines is 1. The van der Waals surface area contributed by atoms with Crippen LogP contribution >= 0.6 is 0 Å². The van der Waals surface area contributed by atoms with Gasteiger partial charge in [-0.1, -0.05) is 0 Å². The summed E-state index contributed by atoms with van der Waals surface area (Å²) in [5.74, 6) is -0.865. The van der Waals surface area contributed by atoms with Crippen LogP contribution in [0.4, 0.5) is 19.0 Å². The van der Waals surface area contributed by atoms with Gasteiger partial charge in [-0.15, -0.1) is 23.4 Å². The number of aromatic nitrogens is 3. The van der Waals surface area contributed by atoms with Crippen molar-refractivity contribution in [1.82, 2.24) is 24.8 Å². The number of aromatic hydroxyl groups is 1. The number of benzene rings is 1. The highest BCUT2D eigenvalue weighted by Gasteiger charge is 2.32. The topological polar surface area (TPSA) is 138 Å². The molecular weight excluding hydrogens is 565 g/mol. The molecule has 1 aliphatic heterocycles. The Balaban J connectivity index is 1.41. The molecule has 2 N–H and O–H groups in total. The first-order valence-electron chi connectivity index (χ1n) is 12.5. The molecule has 0 spiro atoms. The third kappa shape index (κ3) is 7.82. The van der Waals surface area contributed by atoms with E-state index in [1.165, 1.54) is 57.4 Å². The summed E-state index contributed by atoms with van der Waals surface area (Å²) < 4.78 is 68.4. The fraction of sp³-hybridized carbons (Fsp3) is 0.385. The van der Waals surface area contributed by atoms with Crippen LogP contribution in [0.3, 0.4) is 0 Å². The number of halogens is 3. The number of amides is 1. The molecule has 41 heavy (non-hydrogen) atoms. The molecule has 1 aliphatic rings. The fourth-order valence-electron chi connectivity index (χ4n) is 4.03. The number of alkyl halides is 3. The van der Waals surface area contributed by atoms with Crippen molar-refractivity contribution in [1.29, 1.82) is 0 Å². The van der Waals surface area contributed by atoms with E-state index in [2.05, 4.69) is 24.8 Å². The SMILES string of the molecule is CC(C)(C)S(=O)(=O)NC(=O)c1ccc(N2CCN(Cc3cc(OC(F)(F)F)cc(-c4cncc(O)c4)c3)CC2)nn1. The number of ether oxygens (including phenoxy) is 1. The molecule has 1 fully saturated rings. The van der Waals surface area contributed by atoms with E-state index in [4.69, 9.17) is 0 Å². The minimum Gasteiger partial charge on any atom is -0.506 e. The minimum absolute atomic E-state index is 0.117.